The molecule has 1 aliphatic rings. The van der Waals surface area contributed by atoms with Crippen LogP contribution >= 0.6 is 0 Å². The van der Waals surface area contributed by atoms with Crippen molar-refractivity contribution in [3.63, 3.8) is 0 Å². The van der Waals surface area contributed by atoms with Gasteiger partial charge in [-0.15, -0.1) is 0 Å². The number of aromatic nitrogens is 5. The second kappa shape index (κ2) is 6.97. The Kier molecular flexibility index (Phi) is 4.16. The highest BCUT2D eigenvalue weighted by atomic mass is 16.2. The third-order valence-electron chi connectivity index (χ3n) is 5.06. The number of fused-ring (bicyclic) bond motifs is 1. The fourth-order valence-corrected chi connectivity index (χ4v) is 3.60. The lowest BCUT2D eigenvalue weighted by Crippen LogP contribution is -2.33. The first kappa shape index (κ1) is 17.3. The molecule has 1 aromatic carbocycles. The van der Waals surface area contributed by atoms with Gasteiger partial charge in [0.05, 0.1) is 17.4 Å². The van der Waals surface area contributed by atoms with Gasteiger partial charge in [-0.3, -0.25) is 14.5 Å². The number of aryl methyl sites for hydroxylation is 1. The summed E-state index contributed by atoms with van der Waals surface area (Å²) < 4.78 is 1.70. The van der Waals surface area contributed by atoms with Gasteiger partial charge in [-0.05, 0) is 30.7 Å². The highest BCUT2D eigenvalue weighted by molar-refractivity contribution is 6.02. The van der Waals surface area contributed by atoms with Crippen molar-refractivity contribution in [1.29, 1.82) is 0 Å². The van der Waals surface area contributed by atoms with Gasteiger partial charge >= 0.3 is 0 Å². The number of amides is 1. The fourth-order valence-electron chi connectivity index (χ4n) is 3.60. The Morgan fingerprint density at radius 2 is 1.93 bits per heavy atom. The molecule has 5 rings (SSSR count). The molecule has 1 amide bonds. The van der Waals surface area contributed by atoms with E-state index < -0.39 is 0 Å². The van der Waals surface area contributed by atoms with Crippen molar-refractivity contribution >= 4 is 28.3 Å². The molecule has 1 unspecified atom stereocenters. The molecule has 1 N–H and O–H groups in total. The van der Waals surface area contributed by atoms with Crippen molar-refractivity contribution in [3.8, 4) is 11.4 Å². The maximum Gasteiger partial charge on any atom is 0.249 e. The van der Waals surface area contributed by atoms with Crippen LogP contribution in [0.1, 0.15) is 6.42 Å². The third kappa shape index (κ3) is 3.18. The Bertz CT molecular complexity index is 1190. The zero-order valence-electron chi connectivity index (χ0n) is 15.9. The summed E-state index contributed by atoms with van der Waals surface area (Å²) in [4.78, 5) is 28.2. The van der Waals surface area contributed by atoms with Crippen LogP contribution in [0.3, 0.4) is 0 Å². The minimum Gasteiger partial charge on any atom is -0.358 e. The highest BCUT2D eigenvalue weighted by Gasteiger charge is 2.33. The summed E-state index contributed by atoms with van der Waals surface area (Å²) in [5.41, 5.74) is 2.52. The van der Waals surface area contributed by atoms with Gasteiger partial charge in [0.1, 0.15) is 11.9 Å². The van der Waals surface area contributed by atoms with Gasteiger partial charge in [0, 0.05) is 43.1 Å². The van der Waals surface area contributed by atoms with Crippen LogP contribution in [-0.4, -0.2) is 43.2 Å². The average molecular weight is 385 g/mol. The minimum absolute atomic E-state index is 0.0196. The van der Waals surface area contributed by atoms with Gasteiger partial charge in [0.2, 0.25) is 5.91 Å². The number of pyridine rings is 1. The van der Waals surface area contributed by atoms with Crippen LogP contribution in [0.25, 0.3) is 22.3 Å². The van der Waals surface area contributed by atoms with E-state index in [0.29, 0.717) is 24.6 Å². The topological polar surface area (TPSA) is 88.8 Å². The number of nitrogens with zero attached hydrogens (tertiary/aromatic N) is 6. The number of carbonyl (C=O) groups is 1. The van der Waals surface area contributed by atoms with E-state index in [0.717, 1.165) is 22.2 Å². The molecule has 1 aliphatic heterocycles. The van der Waals surface area contributed by atoms with Crippen molar-refractivity contribution in [2.24, 2.45) is 7.05 Å². The van der Waals surface area contributed by atoms with E-state index in [4.69, 9.17) is 4.98 Å². The molecule has 0 saturated carbocycles. The molecule has 0 radical (unpaired) electrons. The summed E-state index contributed by atoms with van der Waals surface area (Å²) in [6.45, 7) is 0.641. The van der Waals surface area contributed by atoms with Crippen LogP contribution in [-0.2, 0) is 11.8 Å². The summed E-state index contributed by atoms with van der Waals surface area (Å²) >= 11 is 0. The van der Waals surface area contributed by atoms with E-state index in [1.54, 1.807) is 28.2 Å². The summed E-state index contributed by atoms with van der Waals surface area (Å²) in [7, 11) is 1.84. The van der Waals surface area contributed by atoms with Gasteiger partial charge in [0.15, 0.2) is 5.82 Å². The molecule has 0 spiro atoms. The predicted molar refractivity (Wildman–Crippen MR) is 110 cm³/mol. The molecule has 4 aromatic rings. The van der Waals surface area contributed by atoms with E-state index in [9.17, 15) is 4.79 Å². The summed E-state index contributed by atoms with van der Waals surface area (Å²) in [5.74, 6) is 1.28. The summed E-state index contributed by atoms with van der Waals surface area (Å²) in [5, 5.41) is 8.42. The SMILES string of the molecule is Cn1cc(N2CCC(Nc3nc(-c4ccncc4)nc4ccccc34)C2=O)cn1. The molecule has 8 heteroatoms. The average Bonchev–Trinajstić information content (AvgIpc) is 3.34. The van der Waals surface area contributed by atoms with Gasteiger partial charge in [-0.25, -0.2) is 9.97 Å². The fraction of sp³-hybridized carbons (Fsp3) is 0.190. The lowest BCUT2D eigenvalue weighted by Gasteiger charge is -2.17. The number of anilines is 2. The van der Waals surface area contributed by atoms with Crippen molar-refractivity contribution in [2.75, 3.05) is 16.8 Å². The first-order valence-corrected chi connectivity index (χ1v) is 9.43. The Morgan fingerprint density at radius 3 is 2.72 bits per heavy atom. The number of benzene rings is 1. The maximum atomic E-state index is 13.0. The highest BCUT2D eigenvalue weighted by Crippen LogP contribution is 2.28. The van der Waals surface area contributed by atoms with Crippen molar-refractivity contribution in [3.05, 3.63) is 61.2 Å². The quantitative estimate of drug-likeness (QED) is 0.581. The largest absolute Gasteiger partial charge is 0.358 e. The van der Waals surface area contributed by atoms with E-state index in [1.165, 1.54) is 0 Å². The number of carbonyl (C=O) groups excluding carboxylic acids is 1. The smallest absolute Gasteiger partial charge is 0.249 e. The van der Waals surface area contributed by atoms with Crippen LogP contribution in [0.5, 0.6) is 0 Å². The second-order valence-electron chi connectivity index (χ2n) is 7.00. The van der Waals surface area contributed by atoms with E-state index in [1.807, 2.05) is 49.6 Å². The summed E-state index contributed by atoms with van der Waals surface area (Å²) in [6, 6.07) is 11.2. The van der Waals surface area contributed by atoms with Crippen LogP contribution in [0.2, 0.25) is 0 Å². The van der Waals surface area contributed by atoms with Crippen LogP contribution in [0.4, 0.5) is 11.5 Å². The lowest BCUT2D eigenvalue weighted by atomic mass is 10.2. The van der Waals surface area contributed by atoms with Crippen LogP contribution in [0, 0.1) is 0 Å². The number of hydrogen-bond acceptors (Lipinski definition) is 6. The van der Waals surface area contributed by atoms with Gasteiger partial charge < -0.3 is 10.2 Å². The third-order valence-corrected chi connectivity index (χ3v) is 5.06. The molecule has 1 fully saturated rings. The first-order valence-electron chi connectivity index (χ1n) is 9.43. The molecule has 144 valence electrons. The zero-order valence-corrected chi connectivity index (χ0v) is 15.9. The molecule has 1 atom stereocenters. The Labute approximate surface area is 167 Å². The zero-order chi connectivity index (χ0) is 19.8. The van der Waals surface area contributed by atoms with Crippen LogP contribution < -0.4 is 10.2 Å². The molecular formula is C21H19N7O. The van der Waals surface area contributed by atoms with Crippen molar-refractivity contribution in [1.82, 2.24) is 24.7 Å². The molecule has 3 aromatic heterocycles. The molecule has 8 nitrogen and oxygen atoms in total. The normalized spacial score (nSPS) is 16.5. The van der Waals surface area contributed by atoms with E-state index in [2.05, 4.69) is 20.4 Å². The number of rotatable bonds is 4. The molecule has 1 saturated heterocycles. The minimum atomic E-state index is -0.348. The maximum absolute atomic E-state index is 13.0. The monoisotopic (exact) mass is 385 g/mol. The lowest BCUT2D eigenvalue weighted by molar-refractivity contribution is -0.117. The van der Waals surface area contributed by atoms with Crippen LogP contribution in [0.15, 0.2) is 61.2 Å². The number of para-hydroxylation sites is 1. The first-order chi connectivity index (χ1) is 14.2. The van der Waals surface area contributed by atoms with Crippen molar-refractivity contribution < 1.29 is 4.79 Å². The number of nitrogens with one attached hydrogen (secondary N) is 1. The standard InChI is InChI=1S/C21H19N7O/c1-27-13-15(12-23-27)28-11-8-18(21(28)29)25-20-16-4-2-3-5-17(16)24-19(26-20)14-6-9-22-10-7-14/h2-7,9-10,12-13,18H,8,11H2,1H3,(H,24,25,26). The van der Waals surface area contributed by atoms with E-state index in [-0.39, 0.29) is 11.9 Å². The predicted octanol–water partition coefficient (Wildman–Crippen LogP) is 2.64. The molecule has 0 aliphatic carbocycles. The van der Waals surface area contributed by atoms with Gasteiger partial charge in [-0.2, -0.15) is 5.10 Å². The summed E-state index contributed by atoms with van der Waals surface area (Å²) in [6.07, 6.45) is 7.68. The Balaban J connectivity index is 1.49. The van der Waals surface area contributed by atoms with Gasteiger partial charge in [-0.1, -0.05) is 12.1 Å². The van der Waals surface area contributed by atoms with Gasteiger partial charge in [0.25, 0.3) is 0 Å². The molecular weight excluding hydrogens is 366 g/mol. The molecule has 0 bridgehead atoms. The second-order valence-corrected chi connectivity index (χ2v) is 7.00. The van der Waals surface area contributed by atoms with E-state index >= 15 is 0 Å². The molecule has 4 heterocycles. The Hall–Kier alpha value is -3.81. The Morgan fingerprint density at radius 1 is 1.10 bits per heavy atom. The number of hydrogen-bond donors (Lipinski definition) is 1. The molecule has 29 heavy (non-hydrogen) atoms. The van der Waals surface area contributed by atoms with Crippen molar-refractivity contribution in [2.45, 2.75) is 12.5 Å².